The van der Waals surface area contributed by atoms with E-state index in [-0.39, 0.29) is 5.70 Å². The van der Waals surface area contributed by atoms with Crippen LogP contribution >= 0.6 is 0 Å². The van der Waals surface area contributed by atoms with Gasteiger partial charge in [-0.15, -0.1) is 0 Å². The normalized spacial score (nSPS) is 11.3. The average molecular weight is 254 g/mol. The fourth-order valence-corrected chi connectivity index (χ4v) is 1.79. The molecule has 0 aromatic heterocycles. The third kappa shape index (κ3) is 3.19. The van der Waals surface area contributed by atoms with Gasteiger partial charge in [0.05, 0.1) is 4.92 Å². The maximum absolute atomic E-state index is 10.4. The maximum Gasteiger partial charge on any atom is 0.257 e. The first-order chi connectivity index (χ1) is 9.06. The highest BCUT2D eigenvalue weighted by Gasteiger charge is 2.03. The Hall–Kier alpha value is -2.62. The summed E-state index contributed by atoms with van der Waals surface area (Å²) >= 11 is 0. The van der Waals surface area contributed by atoms with E-state index >= 15 is 0 Å². The van der Waals surface area contributed by atoms with Gasteiger partial charge in [0.1, 0.15) is 5.70 Å². The number of rotatable bonds is 3. The van der Waals surface area contributed by atoms with Crippen LogP contribution in [-0.4, -0.2) is 4.92 Å². The Morgan fingerprint density at radius 2 is 1.53 bits per heavy atom. The van der Waals surface area contributed by atoms with Crippen molar-refractivity contribution in [3.63, 3.8) is 0 Å². The predicted octanol–water partition coefficient (Wildman–Crippen LogP) is 3.20. The van der Waals surface area contributed by atoms with Crippen LogP contribution in [0, 0.1) is 17.0 Å². The van der Waals surface area contributed by atoms with Crippen molar-refractivity contribution >= 4 is 5.70 Å². The Balaban J connectivity index is 2.28. The molecular formula is C15H14N2O2. The highest BCUT2D eigenvalue weighted by molar-refractivity contribution is 5.68. The molecule has 0 aliphatic heterocycles. The summed E-state index contributed by atoms with van der Waals surface area (Å²) in [5.41, 5.74) is 9.79. The quantitative estimate of drug-likeness (QED) is 0.675. The first kappa shape index (κ1) is 12.8. The molecule has 0 spiro atoms. The predicted molar refractivity (Wildman–Crippen MR) is 75.8 cm³/mol. The fraction of sp³-hybridized carbons (Fsp3) is 0.0667. The van der Waals surface area contributed by atoms with Gasteiger partial charge in [0, 0.05) is 5.56 Å². The van der Waals surface area contributed by atoms with Gasteiger partial charge in [-0.2, -0.15) is 0 Å². The van der Waals surface area contributed by atoms with Gasteiger partial charge in [0.15, 0.2) is 0 Å². The molecule has 0 aliphatic carbocycles. The van der Waals surface area contributed by atoms with E-state index in [2.05, 4.69) is 0 Å². The van der Waals surface area contributed by atoms with E-state index < -0.39 is 4.92 Å². The van der Waals surface area contributed by atoms with E-state index in [4.69, 9.17) is 5.73 Å². The van der Waals surface area contributed by atoms with Gasteiger partial charge in [0.2, 0.25) is 0 Å². The molecule has 0 bridgehead atoms. The Labute approximate surface area is 111 Å². The van der Waals surface area contributed by atoms with Crippen LogP contribution in [0.25, 0.3) is 16.8 Å². The van der Waals surface area contributed by atoms with Crippen molar-refractivity contribution < 1.29 is 4.92 Å². The van der Waals surface area contributed by atoms with Crippen LogP contribution < -0.4 is 5.73 Å². The van der Waals surface area contributed by atoms with Crippen molar-refractivity contribution in [2.24, 2.45) is 5.73 Å². The number of hydrogen-bond donors (Lipinski definition) is 1. The van der Waals surface area contributed by atoms with Crippen LogP contribution in [0.15, 0.2) is 54.7 Å². The molecule has 0 heterocycles. The number of nitro groups is 1. The molecule has 0 radical (unpaired) electrons. The summed E-state index contributed by atoms with van der Waals surface area (Å²) in [7, 11) is 0. The van der Waals surface area contributed by atoms with Gasteiger partial charge < -0.3 is 5.73 Å². The van der Waals surface area contributed by atoms with Crippen molar-refractivity contribution in [3.05, 3.63) is 76.0 Å². The van der Waals surface area contributed by atoms with E-state index in [1.165, 1.54) is 5.56 Å². The largest absolute Gasteiger partial charge is 0.393 e. The van der Waals surface area contributed by atoms with Gasteiger partial charge >= 0.3 is 0 Å². The second-order valence-electron chi connectivity index (χ2n) is 4.31. The number of nitrogens with two attached hydrogens (primary N) is 1. The van der Waals surface area contributed by atoms with Crippen LogP contribution in [0.3, 0.4) is 0 Å². The number of hydrogen-bond acceptors (Lipinski definition) is 3. The molecule has 0 unspecified atom stereocenters. The second-order valence-corrected chi connectivity index (χ2v) is 4.31. The summed E-state index contributed by atoms with van der Waals surface area (Å²) in [6.45, 7) is 2.04. The SMILES string of the molecule is Cc1ccc(-c2ccc(/C(N)=C/[N+](=O)[O-])cc2)cc1. The molecular weight excluding hydrogens is 240 g/mol. The standard InChI is InChI=1S/C15H14N2O2/c1-11-2-4-12(5-3-11)13-6-8-14(9-7-13)15(16)10-17(18)19/h2-10H,16H2,1H3/b15-10-. The molecule has 0 fully saturated rings. The van der Waals surface area contributed by atoms with Crippen LogP contribution in [0.2, 0.25) is 0 Å². The van der Waals surface area contributed by atoms with Gasteiger partial charge in [-0.25, -0.2) is 0 Å². The van der Waals surface area contributed by atoms with Crippen molar-refractivity contribution in [2.75, 3.05) is 0 Å². The molecule has 0 aliphatic rings. The van der Waals surface area contributed by atoms with E-state index in [0.29, 0.717) is 5.56 Å². The molecule has 19 heavy (non-hydrogen) atoms. The molecule has 2 aromatic rings. The van der Waals surface area contributed by atoms with Gasteiger partial charge in [-0.1, -0.05) is 54.1 Å². The van der Waals surface area contributed by atoms with Crippen molar-refractivity contribution in [3.8, 4) is 11.1 Å². The van der Waals surface area contributed by atoms with Crippen LogP contribution in [0.5, 0.6) is 0 Å². The summed E-state index contributed by atoms with van der Waals surface area (Å²) in [5, 5.41) is 10.4. The second kappa shape index (κ2) is 5.35. The number of nitrogens with zero attached hydrogens (tertiary/aromatic N) is 1. The first-order valence-electron chi connectivity index (χ1n) is 5.84. The lowest BCUT2D eigenvalue weighted by Crippen LogP contribution is -1.99. The number of aryl methyl sites for hydroxylation is 1. The molecule has 4 heteroatoms. The molecule has 0 saturated heterocycles. The third-order valence-corrected chi connectivity index (χ3v) is 2.85. The minimum Gasteiger partial charge on any atom is -0.393 e. The summed E-state index contributed by atoms with van der Waals surface area (Å²) < 4.78 is 0. The minimum absolute atomic E-state index is 0.153. The summed E-state index contributed by atoms with van der Waals surface area (Å²) in [4.78, 5) is 9.80. The van der Waals surface area contributed by atoms with Gasteiger partial charge in [-0.3, -0.25) is 10.1 Å². The zero-order chi connectivity index (χ0) is 13.8. The monoisotopic (exact) mass is 254 g/mol. The minimum atomic E-state index is -0.552. The summed E-state index contributed by atoms with van der Waals surface area (Å²) in [6, 6.07) is 15.5. The van der Waals surface area contributed by atoms with Gasteiger partial charge in [-0.05, 0) is 18.1 Å². The average Bonchev–Trinajstić information content (AvgIpc) is 2.39. The van der Waals surface area contributed by atoms with E-state index in [9.17, 15) is 10.1 Å². The molecule has 2 aromatic carbocycles. The topological polar surface area (TPSA) is 69.2 Å². The number of benzene rings is 2. The zero-order valence-electron chi connectivity index (χ0n) is 10.5. The molecule has 96 valence electrons. The van der Waals surface area contributed by atoms with Crippen LogP contribution in [-0.2, 0) is 0 Å². The van der Waals surface area contributed by atoms with Crippen molar-refractivity contribution in [1.29, 1.82) is 0 Å². The Morgan fingerprint density at radius 3 is 2.00 bits per heavy atom. The van der Waals surface area contributed by atoms with Crippen LogP contribution in [0.4, 0.5) is 0 Å². The summed E-state index contributed by atoms with van der Waals surface area (Å²) in [5.74, 6) is 0. The van der Waals surface area contributed by atoms with E-state index in [1.54, 1.807) is 12.1 Å². The Bertz CT molecular complexity index is 614. The molecule has 0 amide bonds. The Kier molecular flexibility index (Phi) is 3.61. The lowest BCUT2D eigenvalue weighted by molar-refractivity contribution is -0.401. The zero-order valence-corrected chi connectivity index (χ0v) is 10.5. The highest BCUT2D eigenvalue weighted by Crippen LogP contribution is 2.21. The third-order valence-electron chi connectivity index (χ3n) is 2.85. The van der Waals surface area contributed by atoms with E-state index in [1.807, 2.05) is 43.3 Å². The lowest BCUT2D eigenvalue weighted by Gasteiger charge is -2.04. The first-order valence-corrected chi connectivity index (χ1v) is 5.84. The lowest BCUT2D eigenvalue weighted by atomic mass is 10.0. The molecule has 4 nitrogen and oxygen atoms in total. The molecule has 2 rings (SSSR count). The van der Waals surface area contributed by atoms with Gasteiger partial charge in [0.25, 0.3) is 6.20 Å². The smallest absolute Gasteiger partial charge is 0.257 e. The van der Waals surface area contributed by atoms with Crippen molar-refractivity contribution in [2.45, 2.75) is 6.92 Å². The van der Waals surface area contributed by atoms with Crippen LogP contribution in [0.1, 0.15) is 11.1 Å². The Morgan fingerprint density at radius 1 is 1.05 bits per heavy atom. The molecule has 2 N–H and O–H groups in total. The molecule has 0 atom stereocenters. The maximum atomic E-state index is 10.4. The van der Waals surface area contributed by atoms with E-state index in [0.717, 1.165) is 17.3 Å². The highest BCUT2D eigenvalue weighted by atomic mass is 16.6. The summed E-state index contributed by atoms with van der Waals surface area (Å²) in [6.07, 6.45) is 0.806. The van der Waals surface area contributed by atoms with Crippen molar-refractivity contribution in [1.82, 2.24) is 0 Å². The fourth-order valence-electron chi connectivity index (χ4n) is 1.79. The molecule has 0 saturated carbocycles.